The zero-order chi connectivity index (χ0) is 13.2. The van der Waals surface area contributed by atoms with Gasteiger partial charge in [0.15, 0.2) is 0 Å². The fourth-order valence-electron chi connectivity index (χ4n) is 2.40. The predicted octanol–water partition coefficient (Wildman–Crippen LogP) is 1.80. The first-order chi connectivity index (χ1) is 9.25. The molecule has 19 heavy (non-hydrogen) atoms. The number of aliphatic carboxylic acids is 1. The van der Waals surface area contributed by atoms with E-state index < -0.39 is 5.97 Å². The lowest BCUT2D eigenvalue weighted by atomic mass is 9.97. The van der Waals surface area contributed by atoms with E-state index in [0.29, 0.717) is 5.75 Å². The third-order valence-electron chi connectivity index (χ3n) is 3.26. The average molecular weight is 293 g/mol. The number of aromatic nitrogens is 2. The van der Waals surface area contributed by atoms with Crippen LogP contribution in [0.4, 0.5) is 0 Å². The van der Waals surface area contributed by atoms with Crippen molar-refractivity contribution in [3.8, 4) is 0 Å². The van der Waals surface area contributed by atoms with Crippen molar-refractivity contribution in [2.45, 2.75) is 37.1 Å². The van der Waals surface area contributed by atoms with Crippen LogP contribution >= 0.6 is 23.1 Å². The molecule has 2 aromatic heterocycles. The van der Waals surface area contributed by atoms with Crippen molar-refractivity contribution in [1.82, 2.24) is 9.97 Å². The van der Waals surface area contributed by atoms with Crippen molar-refractivity contribution >= 4 is 39.3 Å². The van der Waals surface area contributed by atoms with E-state index in [1.165, 1.54) is 35.0 Å². The Morgan fingerprint density at radius 2 is 2.21 bits per heavy atom. The van der Waals surface area contributed by atoms with Crippen LogP contribution in [0.5, 0.6) is 0 Å². The van der Waals surface area contributed by atoms with Gasteiger partial charge in [0.25, 0.3) is 0 Å². The van der Waals surface area contributed by atoms with Crippen LogP contribution in [-0.4, -0.2) is 21.7 Å². The normalized spacial score (nSPS) is 14.5. The van der Waals surface area contributed by atoms with Crippen LogP contribution in [0.3, 0.4) is 0 Å². The maximum atomic E-state index is 10.5. The summed E-state index contributed by atoms with van der Waals surface area (Å²) in [5.41, 5.74) is 1.39. The van der Waals surface area contributed by atoms with E-state index in [1.807, 2.05) is 0 Å². The molecule has 6 heteroatoms. The molecular weight excluding hydrogens is 280 g/mol. The lowest BCUT2D eigenvalue weighted by Crippen LogP contribution is -2.22. The van der Waals surface area contributed by atoms with E-state index in [1.54, 1.807) is 17.7 Å². The highest BCUT2D eigenvalue weighted by Crippen LogP contribution is 2.39. The molecule has 2 aromatic rings. The largest absolute Gasteiger partial charge is 0.550 e. The Morgan fingerprint density at radius 3 is 3.05 bits per heavy atom. The van der Waals surface area contributed by atoms with Gasteiger partial charge in [0, 0.05) is 22.0 Å². The molecular formula is C13H13N2O2S2-. The maximum absolute atomic E-state index is 10.5. The van der Waals surface area contributed by atoms with Crippen molar-refractivity contribution in [2.24, 2.45) is 0 Å². The number of fused-ring (bicyclic) bond motifs is 3. The summed E-state index contributed by atoms with van der Waals surface area (Å²) < 4.78 is 0. The molecule has 0 bridgehead atoms. The van der Waals surface area contributed by atoms with Crippen molar-refractivity contribution in [2.75, 3.05) is 5.75 Å². The van der Waals surface area contributed by atoms with Crippen LogP contribution in [0.2, 0.25) is 0 Å². The lowest BCUT2D eigenvalue weighted by molar-refractivity contribution is -0.305. The van der Waals surface area contributed by atoms with Crippen LogP contribution in [0.1, 0.15) is 29.7 Å². The van der Waals surface area contributed by atoms with Crippen LogP contribution in [-0.2, 0) is 17.6 Å². The number of carboxylic acid groups (broad SMARTS) is 1. The van der Waals surface area contributed by atoms with Crippen molar-refractivity contribution < 1.29 is 9.90 Å². The number of carbonyl (C=O) groups excluding carboxylic acids is 1. The number of thioether (sulfide) groups is 1. The predicted molar refractivity (Wildman–Crippen MR) is 74.4 cm³/mol. The van der Waals surface area contributed by atoms with Gasteiger partial charge in [-0.3, -0.25) is 0 Å². The summed E-state index contributed by atoms with van der Waals surface area (Å²) in [5, 5.41) is 12.6. The summed E-state index contributed by atoms with van der Waals surface area (Å²) in [6.07, 6.45) is 6.34. The van der Waals surface area contributed by atoms with E-state index in [-0.39, 0.29) is 6.42 Å². The Labute approximate surface area is 119 Å². The van der Waals surface area contributed by atoms with Gasteiger partial charge >= 0.3 is 0 Å². The van der Waals surface area contributed by atoms with Gasteiger partial charge in [-0.2, -0.15) is 0 Å². The van der Waals surface area contributed by atoms with Gasteiger partial charge in [-0.25, -0.2) is 9.97 Å². The molecule has 0 amide bonds. The minimum atomic E-state index is -1.01. The molecule has 2 heterocycles. The maximum Gasteiger partial charge on any atom is 0.128 e. The van der Waals surface area contributed by atoms with Gasteiger partial charge < -0.3 is 9.90 Å². The summed E-state index contributed by atoms with van der Waals surface area (Å²) in [6, 6.07) is 0. The Hall–Kier alpha value is -1.14. The molecule has 0 unspecified atom stereocenters. The Bertz CT molecular complexity index is 624. The molecule has 100 valence electrons. The molecule has 0 saturated heterocycles. The third-order valence-corrected chi connectivity index (χ3v) is 5.45. The molecule has 0 radical (unpaired) electrons. The quantitative estimate of drug-likeness (QED) is 0.635. The van der Waals surface area contributed by atoms with Crippen molar-refractivity contribution in [3.05, 3.63) is 16.8 Å². The smallest absolute Gasteiger partial charge is 0.128 e. The van der Waals surface area contributed by atoms with Crippen LogP contribution in [0, 0.1) is 0 Å². The highest BCUT2D eigenvalue weighted by atomic mass is 32.2. The molecule has 0 aliphatic heterocycles. The second-order valence-electron chi connectivity index (χ2n) is 4.54. The number of hydrogen-bond donors (Lipinski definition) is 0. The zero-order valence-electron chi connectivity index (χ0n) is 10.3. The first-order valence-corrected chi connectivity index (χ1v) is 8.14. The molecule has 4 nitrogen and oxygen atoms in total. The molecule has 0 spiro atoms. The summed E-state index contributed by atoms with van der Waals surface area (Å²) in [5.74, 6) is -0.510. The van der Waals surface area contributed by atoms with Gasteiger partial charge in [0.2, 0.25) is 0 Å². The highest BCUT2D eigenvalue weighted by molar-refractivity contribution is 7.99. The summed E-state index contributed by atoms with van der Waals surface area (Å²) >= 11 is 3.25. The number of hydrogen-bond acceptors (Lipinski definition) is 6. The van der Waals surface area contributed by atoms with E-state index >= 15 is 0 Å². The average Bonchev–Trinajstić information content (AvgIpc) is 2.77. The number of carbonyl (C=O) groups is 1. The Kier molecular flexibility index (Phi) is 3.70. The Balaban J connectivity index is 1.95. The molecule has 0 saturated carbocycles. The summed E-state index contributed by atoms with van der Waals surface area (Å²) in [7, 11) is 0. The van der Waals surface area contributed by atoms with Gasteiger partial charge in [-0.05, 0) is 37.7 Å². The molecule has 1 aliphatic carbocycles. The first kappa shape index (κ1) is 12.9. The summed E-state index contributed by atoms with van der Waals surface area (Å²) in [6.45, 7) is 0. The second kappa shape index (κ2) is 5.46. The first-order valence-electron chi connectivity index (χ1n) is 6.33. The monoisotopic (exact) mass is 293 g/mol. The van der Waals surface area contributed by atoms with E-state index in [9.17, 15) is 9.90 Å². The van der Waals surface area contributed by atoms with Crippen LogP contribution in [0.15, 0.2) is 11.4 Å². The SMILES string of the molecule is O=C([O-])CCSc1ncnc2sc3c(c12)CCCC3. The number of thiophene rings is 1. The van der Waals surface area contributed by atoms with E-state index in [4.69, 9.17) is 0 Å². The number of rotatable bonds is 4. The van der Waals surface area contributed by atoms with Crippen LogP contribution in [0.25, 0.3) is 10.2 Å². The van der Waals surface area contributed by atoms with Crippen molar-refractivity contribution in [1.29, 1.82) is 0 Å². The molecule has 0 fully saturated rings. The fraction of sp³-hybridized carbons (Fsp3) is 0.462. The lowest BCUT2D eigenvalue weighted by Gasteiger charge is -2.11. The minimum Gasteiger partial charge on any atom is -0.550 e. The number of aryl methyl sites for hydroxylation is 2. The number of nitrogens with zero attached hydrogens (tertiary/aromatic N) is 2. The summed E-state index contributed by atoms with van der Waals surface area (Å²) in [4.78, 5) is 21.6. The molecule has 3 rings (SSSR count). The standard InChI is InChI=1S/C13H14N2O2S2/c16-10(17)5-6-18-12-11-8-3-1-2-4-9(8)19-13(11)15-7-14-12/h7H,1-6H2,(H,16,17)/p-1. The van der Waals surface area contributed by atoms with Gasteiger partial charge in [0.05, 0.1) is 0 Å². The van der Waals surface area contributed by atoms with Gasteiger partial charge in [-0.1, -0.05) is 0 Å². The Morgan fingerprint density at radius 1 is 1.37 bits per heavy atom. The highest BCUT2D eigenvalue weighted by Gasteiger charge is 2.19. The molecule has 0 N–H and O–H groups in total. The van der Waals surface area contributed by atoms with Crippen LogP contribution < -0.4 is 5.11 Å². The molecule has 0 aromatic carbocycles. The van der Waals surface area contributed by atoms with E-state index in [2.05, 4.69) is 9.97 Å². The van der Waals surface area contributed by atoms with Gasteiger partial charge in [-0.15, -0.1) is 23.1 Å². The third kappa shape index (κ3) is 2.60. The zero-order valence-corrected chi connectivity index (χ0v) is 12.0. The topological polar surface area (TPSA) is 65.9 Å². The van der Waals surface area contributed by atoms with Gasteiger partial charge in [0.1, 0.15) is 16.2 Å². The number of carboxylic acids is 1. The van der Waals surface area contributed by atoms with Crippen molar-refractivity contribution in [3.63, 3.8) is 0 Å². The molecule has 1 aliphatic rings. The van der Waals surface area contributed by atoms with E-state index in [0.717, 1.165) is 28.1 Å². The second-order valence-corrected chi connectivity index (χ2v) is 6.71. The molecule has 0 atom stereocenters. The fourth-order valence-corrected chi connectivity index (χ4v) is 4.64. The minimum absolute atomic E-state index is 0.0580.